The molecule has 5 nitrogen and oxygen atoms in total. The van der Waals surface area contributed by atoms with E-state index in [-0.39, 0.29) is 11.5 Å². The SMILES string of the molecule is O=C(O)Oc1ccc(Oc2ccc(O)cc2)cc1. The third kappa shape index (κ3) is 3.15. The van der Waals surface area contributed by atoms with Crippen molar-refractivity contribution in [2.45, 2.75) is 0 Å². The van der Waals surface area contributed by atoms with E-state index in [1.807, 2.05) is 0 Å². The van der Waals surface area contributed by atoms with Crippen molar-refractivity contribution in [1.82, 2.24) is 0 Å². The molecule has 2 rings (SSSR count). The summed E-state index contributed by atoms with van der Waals surface area (Å²) in [6, 6.07) is 12.4. The van der Waals surface area contributed by atoms with Crippen molar-refractivity contribution in [3.63, 3.8) is 0 Å². The first-order chi connectivity index (χ1) is 8.63. The van der Waals surface area contributed by atoms with Crippen molar-refractivity contribution in [2.24, 2.45) is 0 Å². The normalized spacial score (nSPS) is 9.78. The van der Waals surface area contributed by atoms with E-state index >= 15 is 0 Å². The molecule has 2 aromatic carbocycles. The van der Waals surface area contributed by atoms with Crippen molar-refractivity contribution in [2.75, 3.05) is 0 Å². The van der Waals surface area contributed by atoms with Gasteiger partial charge in [0, 0.05) is 0 Å². The second-order valence-electron chi connectivity index (χ2n) is 3.44. The summed E-state index contributed by atoms with van der Waals surface area (Å²) in [5.41, 5.74) is 0. The van der Waals surface area contributed by atoms with Gasteiger partial charge in [-0.3, -0.25) is 0 Å². The average Bonchev–Trinajstić information content (AvgIpc) is 2.34. The number of phenols is 1. The Hall–Kier alpha value is -2.69. The van der Waals surface area contributed by atoms with Crippen LogP contribution in [0.5, 0.6) is 23.0 Å². The first-order valence-corrected chi connectivity index (χ1v) is 5.11. The van der Waals surface area contributed by atoms with Crippen LogP contribution in [0, 0.1) is 0 Å². The average molecular weight is 246 g/mol. The standard InChI is InChI=1S/C13H10O5/c14-9-1-3-10(4-2-9)17-11-5-7-12(8-6-11)18-13(15)16/h1-8,14H,(H,15,16). The largest absolute Gasteiger partial charge is 0.511 e. The maximum Gasteiger partial charge on any atom is 0.511 e. The van der Waals surface area contributed by atoms with E-state index in [4.69, 9.17) is 14.9 Å². The van der Waals surface area contributed by atoms with E-state index in [0.29, 0.717) is 11.5 Å². The number of benzene rings is 2. The molecule has 0 saturated carbocycles. The Morgan fingerprint density at radius 2 is 1.28 bits per heavy atom. The van der Waals surface area contributed by atoms with Gasteiger partial charge < -0.3 is 19.7 Å². The third-order valence-corrected chi connectivity index (χ3v) is 2.10. The minimum Gasteiger partial charge on any atom is -0.508 e. The molecule has 0 atom stereocenters. The van der Waals surface area contributed by atoms with Crippen LogP contribution in [-0.2, 0) is 0 Å². The van der Waals surface area contributed by atoms with E-state index in [9.17, 15) is 4.79 Å². The van der Waals surface area contributed by atoms with E-state index in [1.165, 1.54) is 24.3 Å². The lowest BCUT2D eigenvalue weighted by molar-refractivity contribution is 0.144. The lowest BCUT2D eigenvalue weighted by Gasteiger charge is -2.06. The molecule has 0 bridgehead atoms. The number of hydrogen-bond donors (Lipinski definition) is 2. The third-order valence-electron chi connectivity index (χ3n) is 2.10. The van der Waals surface area contributed by atoms with Crippen molar-refractivity contribution in [3.8, 4) is 23.0 Å². The van der Waals surface area contributed by atoms with Crippen LogP contribution in [0.2, 0.25) is 0 Å². The molecule has 0 amide bonds. The van der Waals surface area contributed by atoms with Crippen LogP contribution in [0.25, 0.3) is 0 Å². The maximum atomic E-state index is 10.3. The number of carboxylic acid groups (broad SMARTS) is 1. The van der Waals surface area contributed by atoms with Crippen LogP contribution in [0.4, 0.5) is 4.79 Å². The van der Waals surface area contributed by atoms with Gasteiger partial charge in [0.15, 0.2) is 0 Å². The van der Waals surface area contributed by atoms with Crippen LogP contribution < -0.4 is 9.47 Å². The number of hydrogen-bond acceptors (Lipinski definition) is 4. The van der Waals surface area contributed by atoms with Gasteiger partial charge in [-0.25, -0.2) is 4.79 Å². The Balaban J connectivity index is 2.06. The Labute approximate surface area is 103 Å². The van der Waals surface area contributed by atoms with Crippen molar-refractivity contribution in [1.29, 1.82) is 0 Å². The van der Waals surface area contributed by atoms with Crippen LogP contribution in [0.15, 0.2) is 48.5 Å². The molecule has 0 aliphatic rings. The molecule has 2 N–H and O–H groups in total. The molecule has 0 aliphatic heterocycles. The molecule has 5 heteroatoms. The summed E-state index contributed by atoms with van der Waals surface area (Å²) in [4.78, 5) is 10.3. The summed E-state index contributed by atoms with van der Waals surface area (Å²) in [5.74, 6) is 1.49. The first-order valence-electron chi connectivity index (χ1n) is 5.11. The summed E-state index contributed by atoms with van der Waals surface area (Å²) in [7, 11) is 0. The highest BCUT2D eigenvalue weighted by molar-refractivity contribution is 5.61. The maximum absolute atomic E-state index is 10.3. The fourth-order valence-electron chi connectivity index (χ4n) is 1.33. The zero-order valence-electron chi connectivity index (χ0n) is 9.24. The van der Waals surface area contributed by atoms with Gasteiger partial charge >= 0.3 is 6.16 Å². The fraction of sp³-hybridized carbons (Fsp3) is 0. The fourth-order valence-corrected chi connectivity index (χ4v) is 1.33. The Bertz CT molecular complexity index is 530. The molecule has 0 saturated heterocycles. The molecule has 0 aromatic heterocycles. The van der Waals surface area contributed by atoms with E-state index in [0.717, 1.165) is 0 Å². The zero-order valence-corrected chi connectivity index (χ0v) is 9.24. The summed E-state index contributed by atoms with van der Waals surface area (Å²) < 4.78 is 9.94. The number of aromatic hydroxyl groups is 1. The second-order valence-corrected chi connectivity index (χ2v) is 3.44. The summed E-state index contributed by atoms with van der Waals surface area (Å²) in [5, 5.41) is 17.5. The summed E-state index contributed by atoms with van der Waals surface area (Å²) in [6.07, 6.45) is -1.36. The van der Waals surface area contributed by atoms with Gasteiger partial charge in [-0.2, -0.15) is 0 Å². The highest BCUT2D eigenvalue weighted by atomic mass is 16.7. The Morgan fingerprint density at radius 1 is 0.833 bits per heavy atom. The van der Waals surface area contributed by atoms with Gasteiger partial charge in [-0.05, 0) is 48.5 Å². The van der Waals surface area contributed by atoms with Gasteiger partial charge in [0.25, 0.3) is 0 Å². The summed E-state index contributed by atoms with van der Waals surface area (Å²) in [6.45, 7) is 0. The van der Waals surface area contributed by atoms with E-state index < -0.39 is 6.16 Å². The highest BCUT2D eigenvalue weighted by Crippen LogP contribution is 2.25. The van der Waals surface area contributed by atoms with E-state index in [2.05, 4.69) is 4.74 Å². The number of carbonyl (C=O) groups is 1. The van der Waals surface area contributed by atoms with Crippen molar-refractivity contribution in [3.05, 3.63) is 48.5 Å². The molecule has 0 heterocycles. The monoisotopic (exact) mass is 246 g/mol. The predicted molar refractivity (Wildman–Crippen MR) is 63.3 cm³/mol. The van der Waals surface area contributed by atoms with E-state index in [1.54, 1.807) is 24.3 Å². The molecule has 0 aliphatic carbocycles. The summed E-state index contributed by atoms with van der Waals surface area (Å²) >= 11 is 0. The first kappa shape index (κ1) is 11.8. The van der Waals surface area contributed by atoms with Crippen molar-refractivity contribution >= 4 is 6.16 Å². The Morgan fingerprint density at radius 3 is 1.78 bits per heavy atom. The predicted octanol–water partition coefficient (Wildman–Crippen LogP) is 3.24. The lowest BCUT2D eigenvalue weighted by atomic mass is 10.3. The minimum absolute atomic E-state index is 0.160. The molecular weight excluding hydrogens is 236 g/mol. The van der Waals surface area contributed by atoms with Crippen LogP contribution in [0.3, 0.4) is 0 Å². The number of phenolic OH excluding ortho intramolecular Hbond substituents is 1. The minimum atomic E-state index is -1.36. The van der Waals surface area contributed by atoms with Gasteiger partial charge in [-0.1, -0.05) is 0 Å². The second kappa shape index (κ2) is 5.09. The molecule has 0 fully saturated rings. The Kier molecular flexibility index (Phi) is 3.33. The van der Waals surface area contributed by atoms with Crippen LogP contribution in [-0.4, -0.2) is 16.4 Å². The van der Waals surface area contributed by atoms with Gasteiger partial charge in [0.05, 0.1) is 0 Å². The van der Waals surface area contributed by atoms with Gasteiger partial charge in [0.2, 0.25) is 0 Å². The number of rotatable bonds is 3. The van der Waals surface area contributed by atoms with Crippen LogP contribution >= 0.6 is 0 Å². The molecule has 92 valence electrons. The lowest BCUT2D eigenvalue weighted by Crippen LogP contribution is -2.02. The molecular formula is C13H10O5. The molecule has 0 spiro atoms. The smallest absolute Gasteiger partial charge is 0.508 e. The van der Waals surface area contributed by atoms with Crippen molar-refractivity contribution < 1.29 is 24.5 Å². The molecule has 0 unspecified atom stereocenters. The highest BCUT2D eigenvalue weighted by Gasteiger charge is 2.02. The van der Waals surface area contributed by atoms with Gasteiger partial charge in [0.1, 0.15) is 23.0 Å². The molecule has 0 radical (unpaired) electrons. The van der Waals surface area contributed by atoms with Gasteiger partial charge in [-0.15, -0.1) is 0 Å². The molecule has 2 aromatic rings. The number of ether oxygens (including phenoxy) is 2. The quantitative estimate of drug-likeness (QED) is 0.642. The molecule has 18 heavy (non-hydrogen) atoms. The topological polar surface area (TPSA) is 76.0 Å². The van der Waals surface area contributed by atoms with Crippen LogP contribution in [0.1, 0.15) is 0 Å². The zero-order chi connectivity index (χ0) is 13.0.